The number of hydrogen-bond acceptors (Lipinski definition) is 4. The third-order valence-corrected chi connectivity index (χ3v) is 6.56. The molecule has 4 rings (SSSR count). The molecule has 0 radical (unpaired) electrons. The van der Waals surface area contributed by atoms with Crippen LogP contribution in [0.25, 0.3) is 16.5 Å². The van der Waals surface area contributed by atoms with Crippen LogP contribution in [0.2, 0.25) is 0 Å². The first-order valence-electron chi connectivity index (χ1n) is 10.4. The van der Waals surface area contributed by atoms with Gasteiger partial charge in [0.15, 0.2) is 0 Å². The number of quaternary nitrogens is 1. The molecule has 1 aliphatic heterocycles. The van der Waals surface area contributed by atoms with E-state index in [4.69, 9.17) is 0 Å². The van der Waals surface area contributed by atoms with Crippen molar-refractivity contribution in [1.82, 2.24) is 20.1 Å². The zero-order valence-corrected chi connectivity index (χ0v) is 18.4. The number of carbonyl (C=O) groups is 1. The quantitative estimate of drug-likeness (QED) is 0.363. The molecular weight excluding hydrogens is 402 g/mol. The fourth-order valence-corrected chi connectivity index (χ4v) is 4.97. The van der Waals surface area contributed by atoms with Gasteiger partial charge in [0.05, 0.1) is 12.8 Å². The van der Waals surface area contributed by atoms with E-state index in [0.717, 1.165) is 18.2 Å². The standard InChI is InChI=1S/C21H29N5O3S/c1-13(2)26(24-7-8-25-30(3,28)29)21(27)15-9-17-16-5-4-6-18-20(16)14(11-22-18)10-19(17)23-12-15/h4-6,9,11,13,15,19,22-25H,7-8,10,12H2,1-3H3/p+1/t15-,19-/m1/s1. The Morgan fingerprint density at radius 2 is 2.13 bits per heavy atom. The molecule has 0 saturated carbocycles. The zero-order chi connectivity index (χ0) is 21.5. The second-order valence-corrected chi connectivity index (χ2v) is 10.3. The predicted octanol–water partition coefficient (Wildman–Crippen LogP) is -0.0400. The van der Waals surface area contributed by atoms with Gasteiger partial charge in [-0.2, -0.15) is 0 Å². The fourth-order valence-electron chi connectivity index (χ4n) is 4.50. The average Bonchev–Trinajstić information content (AvgIpc) is 3.10. The van der Waals surface area contributed by atoms with Gasteiger partial charge in [0.1, 0.15) is 12.0 Å². The molecule has 0 bridgehead atoms. The summed E-state index contributed by atoms with van der Waals surface area (Å²) in [6, 6.07) is 6.59. The van der Waals surface area contributed by atoms with Crippen LogP contribution in [0.15, 0.2) is 30.5 Å². The van der Waals surface area contributed by atoms with Gasteiger partial charge in [-0.1, -0.05) is 18.2 Å². The highest BCUT2D eigenvalue weighted by Gasteiger charge is 2.36. The van der Waals surface area contributed by atoms with Crippen LogP contribution in [0.5, 0.6) is 0 Å². The second-order valence-electron chi connectivity index (χ2n) is 8.43. The predicted molar refractivity (Wildman–Crippen MR) is 117 cm³/mol. The first-order chi connectivity index (χ1) is 14.2. The van der Waals surface area contributed by atoms with Gasteiger partial charge in [-0.25, -0.2) is 18.6 Å². The van der Waals surface area contributed by atoms with Crippen molar-refractivity contribution in [1.29, 1.82) is 0 Å². The number of hydrazine groups is 1. The molecule has 9 heteroatoms. The number of nitrogens with zero attached hydrogens (tertiary/aromatic N) is 1. The number of amides is 1. The Morgan fingerprint density at radius 3 is 2.87 bits per heavy atom. The van der Waals surface area contributed by atoms with Crippen LogP contribution < -0.4 is 15.5 Å². The van der Waals surface area contributed by atoms with Gasteiger partial charge in [0.2, 0.25) is 15.9 Å². The zero-order valence-electron chi connectivity index (χ0n) is 17.6. The van der Waals surface area contributed by atoms with Crippen LogP contribution in [0.3, 0.4) is 0 Å². The van der Waals surface area contributed by atoms with Gasteiger partial charge in [-0.3, -0.25) is 9.80 Å². The molecule has 2 aromatic rings. The summed E-state index contributed by atoms with van der Waals surface area (Å²) in [6.07, 6.45) is 6.33. The fraction of sp³-hybridized carbons (Fsp3) is 0.476. The van der Waals surface area contributed by atoms with Crippen molar-refractivity contribution in [3.8, 4) is 0 Å². The molecule has 2 atom stereocenters. The molecule has 5 N–H and O–H groups in total. The number of H-pyrrole nitrogens is 1. The maximum Gasteiger partial charge on any atom is 0.249 e. The van der Waals surface area contributed by atoms with E-state index in [-0.39, 0.29) is 24.4 Å². The molecule has 1 aliphatic carbocycles. The highest BCUT2D eigenvalue weighted by molar-refractivity contribution is 7.88. The molecular formula is C21H30N5O3S+. The normalized spacial score (nSPS) is 20.9. The van der Waals surface area contributed by atoms with Gasteiger partial charge in [-0.15, -0.1) is 0 Å². The van der Waals surface area contributed by atoms with Crippen LogP contribution in [-0.2, 0) is 21.2 Å². The lowest BCUT2D eigenvalue weighted by Crippen LogP contribution is -2.93. The van der Waals surface area contributed by atoms with Crippen molar-refractivity contribution in [2.45, 2.75) is 32.4 Å². The van der Waals surface area contributed by atoms with Crippen LogP contribution >= 0.6 is 0 Å². The molecule has 1 amide bonds. The maximum absolute atomic E-state index is 13.3. The van der Waals surface area contributed by atoms with E-state index < -0.39 is 10.0 Å². The summed E-state index contributed by atoms with van der Waals surface area (Å²) >= 11 is 0. The summed E-state index contributed by atoms with van der Waals surface area (Å²) in [5.41, 5.74) is 8.03. The van der Waals surface area contributed by atoms with Crippen molar-refractivity contribution in [3.05, 3.63) is 41.6 Å². The number of nitrogens with two attached hydrogens (primary N) is 1. The molecule has 0 spiro atoms. The minimum atomic E-state index is -3.25. The Hall–Kier alpha value is -2.20. The molecule has 2 heterocycles. The van der Waals surface area contributed by atoms with Crippen LogP contribution in [0.1, 0.15) is 25.0 Å². The van der Waals surface area contributed by atoms with Crippen LogP contribution in [0, 0.1) is 5.92 Å². The van der Waals surface area contributed by atoms with Gasteiger partial charge >= 0.3 is 0 Å². The topological polar surface area (TPSA) is 111 Å². The van der Waals surface area contributed by atoms with Crippen molar-refractivity contribution in [2.24, 2.45) is 5.92 Å². The number of benzene rings is 1. The summed E-state index contributed by atoms with van der Waals surface area (Å²) in [6.45, 7) is 5.18. The van der Waals surface area contributed by atoms with E-state index >= 15 is 0 Å². The van der Waals surface area contributed by atoms with Crippen LogP contribution in [0.4, 0.5) is 0 Å². The highest BCUT2D eigenvalue weighted by atomic mass is 32.2. The minimum absolute atomic E-state index is 0.0126. The number of aromatic amines is 1. The average molecular weight is 433 g/mol. The molecule has 2 aliphatic rings. The minimum Gasteiger partial charge on any atom is -0.361 e. The summed E-state index contributed by atoms with van der Waals surface area (Å²) in [5.74, 6) is -0.219. The van der Waals surface area contributed by atoms with E-state index in [1.807, 2.05) is 13.8 Å². The smallest absolute Gasteiger partial charge is 0.249 e. The number of fused-ring (bicyclic) bond motifs is 2. The Bertz CT molecular complexity index is 1090. The van der Waals surface area contributed by atoms with Gasteiger partial charge in [-0.05, 0) is 31.0 Å². The number of carbonyl (C=O) groups excluding carboxylic acids is 1. The first-order valence-corrected chi connectivity index (χ1v) is 12.3. The summed E-state index contributed by atoms with van der Waals surface area (Å²) < 4.78 is 24.9. The SMILES string of the molecule is CC(C)N(NCCNS(C)(=O)=O)C(=O)[C@@H]1C=C2c3cccc4[nH]cc(c34)C[C@H]2[NH2+]C1. The highest BCUT2D eigenvalue weighted by Crippen LogP contribution is 2.36. The first kappa shape index (κ1) is 21.0. The Labute approximate surface area is 177 Å². The van der Waals surface area contributed by atoms with Crippen LogP contribution in [-0.4, -0.2) is 62.3 Å². The van der Waals surface area contributed by atoms with Crippen molar-refractivity contribution < 1.29 is 18.5 Å². The summed E-state index contributed by atoms with van der Waals surface area (Å²) in [7, 11) is -3.25. The number of hydrogen-bond donors (Lipinski definition) is 4. The third-order valence-electron chi connectivity index (χ3n) is 5.84. The molecule has 0 unspecified atom stereocenters. The largest absolute Gasteiger partial charge is 0.361 e. The van der Waals surface area contributed by atoms with E-state index in [2.05, 4.69) is 50.9 Å². The Kier molecular flexibility index (Phi) is 5.71. The lowest BCUT2D eigenvalue weighted by Gasteiger charge is -2.34. The van der Waals surface area contributed by atoms with Crippen molar-refractivity contribution in [2.75, 3.05) is 25.9 Å². The van der Waals surface area contributed by atoms with E-state index in [0.29, 0.717) is 19.1 Å². The summed E-state index contributed by atoms with van der Waals surface area (Å²) in [4.78, 5) is 16.7. The Balaban J connectivity index is 1.53. The molecule has 1 aromatic carbocycles. The lowest BCUT2D eigenvalue weighted by atomic mass is 9.80. The second kappa shape index (κ2) is 8.14. The number of aromatic nitrogens is 1. The van der Waals surface area contributed by atoms with E-state index in [9.17, 15) is 13.2 Å². The monoisotopic (exact) mass is 432 g/mol. The Morgan fingerprint density at radius 1 is 1.33 bits per heavy atom. The third kappa shape index (κ3) is 4.15. The van der Waals surface area contributed by atoms with Gasteiger partial charge in [0, 0.05) is 48.2 Å². The summed E-state index contributed by atoms with van der Waals surface area (Å²) in [5, 5.41) is 5.17. The number of sulfonamides is 1. The maximum atomic E-state index is 13.3. The van der Waals surface area contributed by atoms with E-state index in [1.165, 1.54) is 22.1 Å². The van der Waals surface area contributed by atoms with Crippen molar-refractivity contribution >= 4 is 32.4 Å². The molecule has 30 heavy (non-hydrogen) atoms. The number of nitrogens with one attached hydrogen (secondary N) is 3. The molecule has 162 valence electrons. The molecule has 0 saturated heterocycles. The lowest BCUT2D eigenvalue weighted by molar-refractivity contribution is -0.681. The molecule has 0 fully saturated rings. The van der Waals surface area contributed by atoms with E-state index in [1.54, 1.807) is 5.01 Å². The van der Waals surface area contributed by atoms with Gasteiger partial charge in [0.25, 0.3) is 0 Å². The number of rotatable bonds is 7. The molecule has 8 nitrogen and oxygen atoms in total. The van der Waals surface area contributed by atoms with Crippen molar-refractivity contribution in [3.63, 3.8) is 0 Å². The molecule has 1 aromatic heterocycles. The van der Waals surface area contributed by atoms with Gasteiger partial charge < -0.3 is 10.3 Å².